The number of primary amides is 1. The summed E-state index contributed by atoms with van der Waals surface area (Å²) in [6.07, 6.45) is 4.59. The Kier molecular flexibility index (Phi) is 5.19. The molecule has 4 aromatic rings. The largest absolute Gasteiger partial charge is 0.363 e. The fourth-order valence-electron chi connectivity index (χ4n) is 2.94. The van der Waals surface area contributed by atoms with E-state index >= 15 is 0 Å². The molecule has 0 spiro atoms. The Labute approximate surface area is 173 Å². The fraction of sp³-hybridized carbons (Fsp3) is 0.105. The van der Waals surface area contributed by atoms with Crippen LogP contribution in [0.15, 0.2) is 53.1 Å². The second kappa shape index (κ2) is 7.94. The van der Waals surface area contributed by atoms with Gasteiger partial charge in [0.25, 0.3) is 11.8 Å². The van der Waals surface area contributed by atoms with Gasteiger partial charge >= 0.3 is 0 Å². The highest BCUT2D eigenvalue weighted by Crippen LogP contribution is 2.30. The quantitative estimate of drug-likeness (QED) is 0.439. The van der Waals surface area contributed by atoms with E-state index in [-0.39, 0.29) is 12.1 Å². The molecule has 0 radical (unpaired) electrons. The van der Waals surface area contributed by atoms with E-state index < -0.39 is 23.6 Å². The third-order valence-electron chi connectivity index (χ3n) is 4.36. The normalized spacial score (nSPS) is 12.0. The molecule has 0 aliphatic heterocycles. The molecule has 0 aliphatic carbocycles. The number of rotatable bonds is 7. The molecule has 10 heteroatoms. The van der Waals surface area contributed by atoms with Crippen LogP contribution >= 0.6 is 22.7 Å². The zero-order chi connectivity index (χ0) is 20.4. The van der Waals surface area contributed by atoms with Crippen LogP contribution in [0.4, 0.5) is 0 Å². The number of pyridine rings is 1. The lowest BCUT2D eigenvalue weighted by Gasteiger charge is -2.16. The van der Waals surface area contributed by atoms with Crippen LogP contribution in [0.25, 0.3) is 15.9 Å². The number of hydrogen-bond donors (Lipinski definition) is 2. The van der Waals surface area contributed by atoms with Gasteiger partial charge in [0.15, 0.2) is 0 Å². The van der Waals surface area contributed by atoms with Crippen molar-refractivity contribution in [2.75, 3.05) is 0 Å². The third kappa shape index (κ3) is 3.80. The minimum Gasteiger partial charge on any atom is -0.363 e. The van der Waals surface area contributed by atoms with Gasteiger partial charge in [0, 0.05) is 28.1 Å². The van der Waals surface area contributed by atoms with Crippen LogP contribution in [0, 0.1) is 0 Å². The van der Waals surface area contributed by atoms with Crippen molar-refractivity contribution in [3.05, 3.63) is 64.3 Å². The second-order valence-corrected chi connectivity index (χ2v) is 7.86. The molecule has 8 nitrogen and oxygen atoms in total. The Morgan fingerprint density at radius 2 is 2.07 bits per heavy atom. The first-order valence-corrected chi connectivity index (χ1v) is 10.4. The Morgan fingerprint density at radius 3 is 2.83 bits per heavy atom. The van der Waals surface area contributed by atoms with E-state index in [1.807, 2.05) is 16.1 Å². The number of ketones is 1. The molecule has 4 aromatic heterocycles. The number of carbonyl (C=O) groups is 3. The number of amides is 2. The summed E-state index contributed by atoms with van der Waals surface area (Å²) in [6, 6.07) is 4.19. The van der Waals surface area contributed by atoms with Crippen LogP contribution < -0.4 is 11.1 Å². The molecule has 0 fully saturated rings. The number of Topliss-reactive ketones (excluding diaryl/α,β-unsaturated/α-hetero) is 1. The maximum Gasteiger partial charge on any atom is 0.287 e. The molecule has 29 heavy (non-hydrogen) atoms. The van der Waals surface area contributed by atoms with Crippen molar-refractivity contribution in [2.45, 2.75) is 12.5 Å². The van der Waals surface area contributed by atoms with Crippen LogP contribution in [0.3, 0.4) is 0 Å². The average molecular weight is 425 g/mol. The van der Waals surface area contributed by atoms with Gasteiger partial charge in [0.05, 0.1) is 6.20 Å². The molecule has 0 bridgehead atoms. The maximum atomic E-state index is 12.9. The molecular weight excluding hydrogens is 410 g/mol. The van der Waals surface area contributed by atoms with E-state index in [1.165, 1.54) is 17.1 Å². The first-order chi connectivity index (χ1) is 14.0. The predicted molar refractivity (Wildman–Crippen MR) is 110 cm³/mol. The van der Waals surface area contributed by atoms with E-state index in [1.54, 1.807) is 47.1 Å². The summed E-state index contributed by atoms with van der Waals surface area (Å²) in [5, 5.41) is 9.55. The van der Waals surface area contributed by atoms with Crippen molar-refractivity contribution in [1.29, 1.82) is 0 Å². The summed E-state index contributed by atoms with van der Waals surface area (Å²) >= 11 is 3.10. The average Bonchev–Trinajstić information content (AvgIpc) is 3.45. The molecule has 3 N–H and O–H groups in total. The van der Waals surface area contributed by atoms with E-state index in [0.29, 0.717) is 5.82 Å². The molecule has 4 rings (SSSR count). The fourth-order valence-corrected chi connectivity index (χ4v) is 4.95. The van der Waals surface area contributed by atoms with Crippen LogP contribution in [0.5, 0.6) is 0 Å². The smallest absolute Gasteiger partial charge is 0.287 e. The monoisotopic (exact) mass is 425 g/mol. The number of hydrogen-bond acceptors (Lipinski definition) is 7. The van der Waals surface area contributed by atoms with Gasteiger partial charge in [-0.1, -0.05) is 6.07 Å². The highest BCUT2D eigenvalue weighted by Gasteiger charge is 2.28. The van der Waals surface area contributed by atoms with E-state index in [4.69, 9.17) is 5.73 Å². The number of aromatic nitrogens is 3. The first kappa shape index (κ1) is 19.0. The molecule has 0 saturated carbocycles. The number of nitrogens with zero attached hydrogens (tertiary/aromatic N) is 3. The standard InChI is InChI=1S/C19H15N5O3S2/c20-18(26)17(25)13(5-11-7-29-15-9-28-8-12(11)15)23-19(27)14-6-21-10-24(14)16-3-1-2-4-22-16/h1-4,6-10,13H,5H2,(H2,20,26)(H,23,27). The number of thiophene rings is 2. The number of nitrogens with two attached hydrogens (primary N) is 1. The molecule has 0 saturated heterocycles. The van der Waals surface area contributed by atoms with E-state index in [2.05, 4.69) is 15.3 Å². The Balaban J connectivity index is 1.61. The van der Waals surface area contributed by atoms with Crippen LogP contribution in [-0.2, 0) is 16.0 Å². The zero-order valence-electron chi connectivity index (χ0n) is 14.9. The van der Waals surface area contributed by atoms with Gasteiger partial charge in [-0.2, -0.15) is 11.3 Å². The predicted octanol–water partition coefficient (Wildman–Crippen LogP) is 1.94. The third-order valence-corrected chi connectivity index (χ3v) is 6.24. The Morgan fingerprint density at radius 1 is 1.21 bits per heavy atom. The van der Waals surface area contributed by atoms with Gasteiger partial charge in [0.1, 0.15) is 23.9 Å². The summed E-state index contributed by atoms with van der Waals surface area (Å²) in [7, 11) is 0. The highest BCUT2D eigenvalue weighted by molar-refractivity contribution is 7.21. The van der Waals surface area contributed by atoms with Gasteiger partial charge in [-0.25, -0.2) is 9.97 Å². The van der Waals surface area contributed by atoms with Crippen LogP contribution in [0.1, 0.15) is 16.1 Å². The van der Waals surface area contributed by atoms with Crippen molar-refractivity contribution in [1.82, 2.24) is 19.9 Å². The van der Waals surface area contributed by atoms with Crippen LogP contribution in [0.2, 0.25) is 0 Å². The SMILES string of the molecule is NC(=O)C(=O)C(Cc1csc2cscc12)NC(=O)c1cncn1-c1ccccn1. The number of carbonyl (C=O) groups excluding carboxylic acids is 3. The molecule has 2 amide bonds. The van der Waals surface area contributed by atoms with Gasteiger partial charge < -0.3 is 11.1 Å². The van der Waals surface area contributed by atoms with Crippen LogP contribution in [-0.4, -0.2) is 38.2 Å². The van der Waals surface area contributed by atoms with Crippen molar-refractivity contribution >= 4 is 50.4 Å². The van der Waals surface area contributed by atoms with Gasteiger partial charge in [0.2, 0.25) is 5.78 Å². The molecule has 4 heterocycles. The summed E-state index contributed by atoms with van der Waals surface area (Å²) in [5.74, 6) is -1.99. The van der Waals surface area contributed by atoms with E-state index in [0.717, 1.165) is 15.6 Å². The van der Waals surface area contributed by atoms with Crippen molar-refractivity contribution in [3.63, 3.8) is 0 Å². The minimum atomic E-state index is -1.09. The van der Waals surface area contributed by atoms with Gasteiger partial charge in [-0.15, -0.1) is 11.3 Å². The molecule has 0 aromatic carbocycles. The summed E-state index contributed by atoms with van der Waals surface area (Å²) in [6.45, 7) is 0. The minimum absolute atomic E-state index is 0.169. The molecule has 0 aliphatic rings. The highest BCUT2D eigenvalue weighted by atomic mass is 32.1. The lowest BCUT2D eigenvalue weighted by Crippen LogP contribution is -2.47. The maximum absolute atomic E-state index is 12.9. The number of nitrogens with one attached hydrogen (secondary N) is 1. The second-order valence-electron chi connectivity index (χ2n) is 6.21. The Hall–Kier alpha value is -3.37. The Bertz CT molecular complexity index is 1190. The molecule has 1 unspecified atom stereocenters. The molecule has 1 atom stereocenters. The zero-order valence-corrected chi connectivity index (χ0v) is 16.6. The molecular formula is C19H15N5O3S2. The van der Waals surface area contributed by atoms with Crippen molar-refractivity contribution in [3.8, 4) is 5.82 Å². The van der Waals surface area contributed by atoms with Crippen molar-refractivity contribution in [2.24, 2.45) is 5.73 Å². The summed E-state index contributed by atoms with van der Waals surface area (Å²) in [5.41, 5.74) is 6.28. The lowest BCUT2D eigenvalue weighted by molar-refractivity contribution is -0.137. The van der Waals surface area contributed by atoms with E-state index in [9.17, 15) is 14.4 Å². The first-order valence-electron chi connectivity index (χ1n) is 8.55. The van der Waals surface area contributed by atoms with Crippen molar-refractivity contribution < 1.29 is 14.4 Å². The van der Waals surface area contributed by atoms with Gasteiger partial charge in [-0.3, -0.25) is 19.0 Å². The summed E-state index contributed by atoms with van der Waals surface area (Å²) in [4.78, 5) is 45.0. The lowest BCUT2D eigenvalue weighted by atomic mass is 10.0. The van der Waals surface area contributed by atoms with Gasteiger partial charge in [-0.05, 0) is 28.5 Å². The molecule has 146 valence electrons. The topological polar surface area (TPSA) is 120 Å². The number of fused-ring (bicyclic) bond motifs is 1. The summed E-state index contributed by atoms with van der Waals surface area (Å²) < 4.78 is 2.60. The number of imidazole rings is 1.